The Bertz CT molecular complexity index is 874. The Labute approximate surface area is 139 Å². The van der Waals surface area contributed by atoms with E-state index in [1.807, 2.05) is 16.9 Å². The lowest BCUT2D eigenvalue weighted by atomic mass is 10.0. The number of nitrogens with two attached hydrogens (primary N) is 1. The van der Waals surface area contributed by atoms with Crippen LogP contribution in [0.1, 0.15) is 23.2 Å². The highest BCUT2D eigenvalue weighted by molar-refractivity contribution is 6.10. The van der Waals surface area contributed by atoms with Gasteiger partial charge in [0.25, 0.3) is 0 Å². The van der Waals surface area contributed by atoms with E-state index in [2.05, 4.69) is 20.0 Å². The zero-order valence-electron chi connectivity index (χ0n) is 13.4. The molecule has 3 N–H and O–H groups in total. The van der Waals surface area contributed by atoms with Crippen LogP contribution in [0, 0.1) is 0 Å². The first-order chi connectivity index (χ1) is 11.7. The van der Waals surface area contributed by atoms with Crippen molar-refractivity contribution in [3.8, 4) is 11.1 Å². The molecule has 0 saturated carbocycles. The zero-order valence-corrected chi connectivity index (χ0v) is 13.4. The number of hydrogen-bond donors (Lipinski definition) is 2. The molecule has 0 atom stereocenters. The molecule has 0 radical (unpaired) electrons. The number of likely N-dealkylation sites (tertiary alicyclic amines) is 1. The average molecular weight is 324 g/mol. The third kappa shape index (κ3) is 2.67. The summed E-state index contributed by atoms with van der Waals surface area (Å²) in [5, 5.41) is 5.16. The number of nitrogens with zero attached hydrogens (tertiary/aromatic N) is 4. The second kappa shape index (κ2) is 6.09. The Morgan fingerprint density at radius 2 is 2.08 bits per heavy atom. The maximum Gasteiger partial charge on any atom is 0.250 e. The van der Waals surface area contributed by atoms with Crippen LogP contribution < -0.4 is 5.73 Å². The van der Waals surface area contributed by atoms with Crippen molar-refractivity contribution < 1.29 is 4.79 Å². The number of amides is 1. The van der Waals surface area contributed by atoms with Crippen LogP contribution >= 0.6 is 0 Å². The van der Waals surface area contributed by atoms with Crippen molar-refractivity contribution in [3.05, 3.63) is 36.4 Å². The van der Waals surface area contributed by atoms with Gasteiger partial charge in [-0.1, -0.05) is 0 Å². The van der Waals surface area contributed by atoms with E-state index in [9.17, 15) is 4.79 Å². The first-order valence-corrected chi connectivity index (χ1v) is 8.23. The first kappa shape index (κ1) is 14.9. The average Bonchev–Trinajstić information content (AvgIpc) is 3.31. The Morgan fingerprint density at radius 1 is 1.25 bits per heavy atom. The van der Waals surface area contributed by atoms with E-state index in [1.165, 1.54) is 25.9 Å². The quantitative estimate of drug-likeness (QED) is 0.746. The molecule has 3 aromatic rings. The number of H-pyrrole nitrogens is 1. The zero-order chi connectivity index (χ0) is 16.5. The molecule has 7 heteroatoms. The standard InChI is InChI=1S/C17H20N6O/c18-16(24)15-13-3-4-19-17(13)20-10-14(15)12-9-21-23(11-12)8-7-22-5-1-2-6-22/h3-4,9-11H,1-2,5-8H2,(H2,18,24)(H,19,20). The molecule has 24 heavy (non-hydrogen) atoms. The smallest absolute Gasteiger partial charge is 0.250 e. The molecule has 1 amide bonds. The highest BCUT2D eigenvalue weighted by atomic mass is 16.1. The van der Waals surface area contributed by atoms with Gasteiger partial charge in [0.2, 0.25) is 5.91 Å². The van der Waals surface area contributed by atoms with Crippen LogP contribution in [0.5, 0.6) is 0 Å². The molecule has 0 bridgehead atoms. The summed E-state index contributed by atoms with van der Waals surface area (Å²) in [5.74, 6) is -0.457. The number of pyridine rings is 1. The summed E-state index contributed by atoms with van der Waals surface area (Å²) in [5.41, 5.74) is 8.34. The fourth-order valence-corrected chi connectivity index (χ4v) is 3.37. The molecule has 1 aliphatic heterocycles. The van der Waals surface area contributed by atoms with Crippen LogP contribution in [0.3, 0.4) is 0 Å². The molecule has 0 unspecified atom stereocenters. The fraction of sp³-hybridized carbons (Fsp3) is 0.353. The Morgan fingerprint density at radius 3 is 2.88 bits per heavy atom. The predicted octanol–water partition coefficient (Wildman–Crippen LogP) is 1.62. The van der Waals surface area contributed by atoms with Crippen molar-refractivity contribution in [2.75, 3.05) is 19.6 Å². The number of rotatable bonds is 5. The van der Waals surface area contributed by atoms with Crippen LogP contribution in [-0.4, -0.2) is 50.2 Å². The molecule has 4 heterocycles. The number of primary amides is 1. The fourth-order valence-electron chi connectivity index (χ4n) is 3.37. The summed E-state index contributed by atoms with van der Waals surface area (Å²) < 4.78 is 1.92. The monoisotopic (exact) mass is 324 g/mol. The van der Waals surface area contributed by atoms with Gasteiger partial charge in [-0.2, -0.15) is 5.10 Å². The van der Waals surface area contributed by atoms with Gasteiger partial charge in [-0.3, -0.25) is 9.48 Å². The highest BCUT2D eigenvalue weighted by Crippen LogP contribution is 2.28. The summed E-state index contributed by atoms with van der Waals surface area (Å²) in [4.78, 5) is 21.8. The summed E-state index contributed by atoms with van der Waals surface area (Å²) >= 11 is 0. The SMILES string of the molecule is NC(=O)c1c(-c2cnn(CCN3CCCC3)c2)cnc2[nH]ccc12. The van der Waals surface area contributed by atoms with E-state index in [0.717, 1.165) is 29.6 Å². The lowest BCUT2D eigenvalue weighted by Crippen LogP contribution is -2.24. The number of carbonyl (C=O) groups excluding carboxylic acids is 1. The number of carbonyl (C=O) groups is 1. The number of fused-ring (bicyclic) bond motifs is 1. The Balaban J connectivity index is 1.62. The van der Waals surface area contributed by atoms with Gasteiger partial charge < -0.3 is 15.6 Å². The number of hydrogen-bond acceptors (Lipinski definition) is 4. The van der Waals surface area contributed by atoms with Gasteiger partial charge >= 0.3 is 0 Å². The highest BCUT2D eigenvalue weighted by Gasteiger charge is 2.17. The van der Waals surface area contributed by atoms with Crippen LogP contribution in [0.2, 0.25) is 0 Å². The van der Waals surface area contributed by atoms with Gasteiger partial charge in [-0.25, -0.2) is 4.98 Å². The van der Waals surface area contributed by atoms with Crippen molar-refractivity contribution in [1.29, 1.82) is 0 Å². The van der Waals surface area contributed by atoms with Crippen molar-refractivity contribution in [2.45, 2.75) is 19.4 Å². The number of aromatic nitrogens is 4. The van der Waals surface area contributed by atoms with Gasteiger partial charge in [0.05, 0.1) is 18.3 Å². The van der Waals surface area contributed by atoms with Gasteiger partial charge in [0, 0.05) is 41.6 Å². The van der Waals surface area contributed by atoms with E-state index >= 15 is 0 Å². The Hall–Kier alpha value is -2.67. The Kier molecular flexibility index (Phi) is 3.78. The first-order valence-electron chi connectivity index (χ1n) is 8.23. The number of aromatic amines is 1. The van der Waals surface area contributed by atoms with E-state index < -0.39 is 5.91 Å². The van der Waals surface area contributed by atoms with Crippen molar-refractivity contribution in [1.82, 2.24) is 24.6 Å². The molecule has 124 valence electrons. The molecular weight excluding hydrogens is 304 g/mol. The van der Waals surface area contributed by atoms with Crippen molar-refractivity contribution in [2.24, 2.45) is 5.73 Å². The second-order valence-corrected chi connectivity index (χ2v) is 6.19. The molecule has 1 saturated heterocycles. The van der Waals surface area contributed by atoms with Crippen molar-refractivity contribution >= 4 is 16.9 Å². The van der Waals surface area contributed by atoms with E-state index in [0.29, 0.717) is 11.2 Å². The topological polar surface area (TPSA) is 92.8 Å². The molecule has 0 spiro atoms. The van der Waals surface area contributed by atoms with Crippen LogP contribution in [0.25, 0.3) is 22.2 Å². The second-order valence-electron chi connectivity index (χ2n) is 6.19. The van der Waals surface area contributed by atoms with Crippen molar-refractivity contribution in [3.63, 3.8) is 0 Å². The minimum absolute atomic E-state index is 0.457. The molecule has 1 fully saturated rings. The molecule has 0 aromatic carbocycles. The summed E-state index contributed by atoms with van der Waals surface area (Å²) in [6.45, 7) is 4.19. The third-order valence-electron chi connectivity index (χ3n) is 4.62. The van der Waals surface area contributed by atoms with Crippen LogP contribution in [-0.2, 0) is 6.54 Å². The van der Waals surface area contributed by atoms with Gasteiger partial charge in [0.1, 0.15) is 5.65 Å². The predicted molar refractivity (Wildman–Crippen MR) is 91.5 cm³/mol. The van der Waals surface area contributed by atoms with E-state index in [-0.39, 0.29) is 0 Å². The summed E-state index contributed by atoms with van der Waals surface area (Å²) in [7, 11) is 0. The molecular formula is C17H20N6O. The maximum atomic E-state index is 12.0. The van der Waals surface area contributed by atoms with Gasteiger partial charge in [-0.15, -0.1) is 0 Å². The van der Waals surface area contributed by atoms with Crippen LogP contribution in [0.4, 0.5) is 0 Å². The largest absolute Gasteiger partial charge is 0.366 e. The maximum absolute atomic E-state index is 12.0. The third-order valence-corrected chi connectivity index (χ3v) is 4.62. The minimum Gasteiger partial charge on any atom is -0.366 e. The lowest BCUT2D eigenvalue weighted by Gasteiger charge is -2.13. The van der Waals surface area contributed by atoms with Gasteiger partial charge in [-0.05, 0) is 32.0 Å². The minimum atomic E-state index is -0.457. The molecule has 7 nitrogen and oxygen atoms in total. The van der Waals surface area contributed by atoms with Crippen LogP contribution in [0.15, 0.2) is 30.9 Å². The van der Waals surface area contributed by atoms with E-state index in [4.69, 9.17) is 5.73 Å². The summed E-state index contributed by atoms with van der Waals surface area (Å²) in [6, 6.07) is 1.82. The molecule has 0 aliphatic carbocycles. The molecule has 3 aromatic heterocycles. The van der Waals surface area contributed by atoms with Gasteiger partial charge in [0.15, 0.2) is 0 Å². The number of nitrogens with one attached hydrogen (secondary N) is 1. The normalized spacial score (nSPS) is 15.3. The molecule has 1 aliphatic rings. The summed E-state index contributed by atoms with van der Waals surface area (Å²) in [6.07, 6.45) is 9.74. The lowest BCUT2D eigenvalue weighted by molar-refractivity contribution is 0.100. The van der Waals surface area contributed by atoms with E-state index in [1.54, 1.807) is 18.6 Å². The molecule has 4 rings (SSSR count).